The van der Waals surface area contributed by atoms with Crippen LogP contribution >= 0.6 is 11.6 Å². The van der Waals surface area contributed by atoms with Crippen LogP contribution in [0.25, 0.3) is 22.4 Å². The minimum atomic E-state index is -0.627. The number of amides is 2. The average molecular weight is 643 g/mol. The van der Waals surface area contributed by atoms with Gasteiger partial charge in [-0.05, 0) is 61.6 Å². The van der Waals surface area contributed by atoms with Gasteiger partial charge in [-0.2, -0.15) is 5.10 Å². The Morgan fingerprint density at radius 2 is 1.93 bits per heavy atom. The van der Waals surface area contributed by atoms with Crippen molar-refractivity contribution in [3.05, 3.63) is 92.1 Å². The molecule has 4 heterocycles. The number of carbonyl (C=O) groups is 2. The Bertz CT molecular complexity index is 1990. The molecule has 7 rings (SSSR count). The van der Waals surface area contributed by atoms with Gasteiger partial charge in [0, 0.05) is 66.7 Å². The number of aryl methyl sites for hydroxylation is 2. The fraction of sp³-hybridized carbons (Fsp3) is 0.324. The van der Waals surface area contributed by atoms with Crippen LogP contribution < -0.4 is 20.9 Å². The minimum Gasteiger partial charge on any atom is -0.481 e. The van der Waals surface area contributed by atoms with Crippen molar-refractivity contribution in [3.63, 3.8) is 0 Å². The number of likely N-dealkylation sites (tertiary alicyclic amines) is 1. The molecule has 10 nitrogen and oxygen atoms in total. The first-order valence-corrected chi connectivity index (χ1v) is 15.5. The van der Waals surface area contributed by atoms with Gasteiger partial charge in [-0.15, -0.1) is 0 Å². The number of rotatable bonds is 6. The van der Waals surface area contributed by atoms with E-state index in [0.29, 0.717) is 45.4 Å². The molecule has 2 amide bonds. The van der Waals surface area contributed by atoms with Crippen molar-refractivity contribution >= 4 is 29.1 Å². The number of halogens is 2. The Balaban J connectivity index is 1.20. The Labute approximate surface area is 269 Å². The molecule has 0 bridgehead atoms. The molecule has 0 unspecified atom stereocenters. The van der Waals surface area contributed by atoms with E-state index in [-0.39, 0.29) is 28.6 Å². The summed E-state index contributed by atoms with van der Waals surface area (Å²) < 4.78 is 22.4. The van der Waals surface area contributed by atoms with Crippen LogP contribution in [0.1, 0.15) is 52.4 Å². The van der Waals surface area contributed by atoms with E-state index in [1.807, 2.05) is 12.1 Å². The second kappa shape index (κ2) is 11.3. The van der Waals surface area contributed by atoms with Crippen LogP contribution in [0.4, 0.5) is 10.1 Å². The molecule has 0 radical (unpaired) electrons. The number of hydrogen-bond donors (Lipinski definition) is 2. The lowest BCUT2D eigenvalue weighted by molar-refractivity contribution is -0.121. The number of anilines is 1. The van der Waals surface area contributed by atoms with E-state index in [1.165, 1.54) is 31.4 Å². The van der Waals surface area contributed by atoms with E-state index in [9.17, 15) is 14.4 Å². The fourth-order valence-electron chi connectivity index (χ4n) is 7.14. The SMILES string of the molecule is COc1nc(-c2cccc(-c3c(F)ccc(NC(=O)c4ccnn(C)c4=O)c3C)c2Cl)cc2c1[C@@H](N1CC3(CCC(=O)N3)C1)CC2. The highest BCUT2D eigenvalue weighted by Crippen LogP contribution is 2.48. The molecule has 2 aromatic heterocycles. The van der Waals surface area contributed by atoms with Crippen LogP contribution in [0.5, 0.6) is 5.88 Å². The van der Waals surface area contributed by atoms with Gasteiger partial charge in [0.05, 0.1) is 23.4 Å². The van der Waals surface area contributed by atoms with Gasteiger partial charge in [0.2, 0.25) is 11.8 Å². The van der Waals surface area contributed by atoms with Crippen molar-refractivity contribution in [1.82, 2.24) is 25.0 Å². The number of benzene rings is 2. The van der Waals surface area contributed by atoms with Crippen LogP contribution in [0.2, 0.25) is 5.02 Å². The van der Waals surface area contributed by atoms with Gasteiger partial charge in [0.15, 0.2) is 0 Å². The zero-order valence-electron chi connectivity index (χ0n) is 25.6. The molecule has 1 spiro atoms. The topological polar surface area (TPSA) is 118 Å². The quantitative estimate of drug-likeness (QED) is 0.310. The molecule has 2 N–H and O–H groups in total. The molecule has 46 heavy (non-hydrogen) atoms. The molecule has 0 saturated carbocycles. The Morgan fingerprint density at radius 1 is 1.15 bits per heavy atom. The Morgan fingerprint density at radius 3 is 2.67 bits per heavy atom. The van der Waals surface area contributed by atoms with Gasteiger partial charge < -0.3 is 15.4 Å². The first-order valence-electron chi connectivity index (χ1n) is 15.1. The van der Waals surface area contributed by atoms with Gasteiger partial charge in [0.25, 0.3) is 11.5 Å². The summed E-state index contributed by atoms with van der Waals surface area (Å²) in [7, 11) is 3.06. The summed E-state index contributed by atoms with van der Waals surface area (Å²) in [4.78, 5) is 44.5. The number of methoxy groups -OCH3 is 1. The Kier molecular flexibility index (Phi) is 7.40. The molecule has 2 aliphatic heterocycles. The van der Waals surface area contributed by atoms with Crippen LogP contribution in [-0.2, 0) is 18.3 Å². The summed E-state index contributed by atoms with van der Waals surface area (Å²) in [5, 5.41) is 10.1. The molecule has 1 aliphatic carbocycles. The molecule has 2 aromatic carbocycles. The maximum atomic E-state index is 15.5. The molecule has 1 atom stereocenters. The van der Waals surface area contributed by atoms with E-state index >= 15 is 4.39 Å². The lowest BCUT2D eigenvalue weighted by Crippen LogP contribution is -2.67. The van der Waals surface area contributed by atoms with E-state index in [2.05, 4.69) is 20.6 Å². The van der Waals surface area contributed by atoms with Crippen molar-refractivity contribution in [1.29, 1.82) is 0 Å². The third kappa shape index (κ3) is 4.94. The van der Waals surface area contributed by atoms with Crippen molar-refractivity contribution in [2.45, 2.75) is 44.2 Å². The maximum absolute atomic E-state index is 15.5. The number of pyridine rings is 1. The molecule has 2 fully saturated rings. The van der Waals surface area contributed by atoms with Crippen molar-refractivity contribution < 1.29 is 18.7 Å². The summed E-state index contributed by atoms with van der Waals surface area (Å²) in [6.45, 7) is 3.31. The smallest absolute Gasteiger partial charge is 0.279 e. The third-order valence-electron chi connectivity index (χ3n) is 9.47. The van der Waals surface area contributed by atoms with E-state index < -0.39 is 17.3 Å². The second-order valence-electron chi connectivity index (χ2n) is 12.3. The monoisotopic (exact) mass is 642 g/mol. The first-order chi connectivity index (χ1) is 22.1. The van der Waals surface area contributed by atoms with Crippen LogP contribution in [0, 0.1) is 12.7 Å². The highest BCUT2D eigenvalue weighted by Gasteiger charge is 2.51. The first kappa shape index (κ1) is 30.1. The number of hydrogen-bond acceptors (Lipinski definition) is 7. The second-order valence-corrected chi connectivity index (χ2v) is 12.6. The summed E-state index contributed by atoms with van der Waals surface area (Å²) >= 11 is 7.02. The number of nitrogens with one attached hydrogen (secondary N) is 2. The molecule has 2 saturated heterocycles. The van der Waals surface area contributed by atoms with Gasteiger partial charge in [-0.25, -0.2) is 14.1 Å². The lowest BCUT2D eigenvalue weighted by atomic mass is 9.86. The van der Waals surface area contributed by atoms with E-state index in [0.717, 1.165) is 48.2 Å². The average Bonchev–Trinajstić information content (AvgIpc) is 3.63. The van der Waals surface area contributed by atoms with E-state index in [1.54, 1.807) is 26.2 Å². The molecular formula is C34H32ClFN6O4. The minimum absolute atomic E-state index is 0.0828. The maximum Gasteiger partial charge on any atom is 0.279 e. The van der Waals surface area contributed by atoms with Gasteiger partial charge >= 0.3 is 0 Å². The molecular weight excluding hydrogens is 611 g/mol. The molecule has 3 aliphatic rings. The largest absolute Gasteiger partial charge is 0.481 e. The van der Waals surface area contributed by atoms with Gasteiger partial charge in [-0.3, -0.25) is 19.3 Å². The molecule has 12 heteroatoms. The van der Waals surface area contributed by atoms with Crippen molar-refractivity contribution in [2.24, 2.45) is 7.05 Å². The summed E-state index contributed by atoms with van der Waals surface area (Å²) in [5.74, 6) is -0.486. The van der Waals surface area contributed by atoms with Crippen LogP contribution in [-0.4, -0.2) is 57.2 Å². The highest BCUT2D eigenvalue weighted by atomic mass is 35.5. The summed E-state index contributed by atoms with van der Waals surface area (Å²) in [6, 6.07) is 11.6. The zero-order valence-corrected chi connectivity index (χ0v) is 26.4. The fourth-order valence-corrected chi connectivity index (χ4v) is 7.46. The molecule has 4 aromatic rings. The van der Waals surface area contributed by atoms with Crippen LogP contribution in [0.15, 0.2) is 53.5 Å². The third-order valence-corrected chi connectivity index (χ3v) is 9.87. The summed E-state index contributed by atoms with van der Waals surface area (Å²) in [6.07, 6.45) is 4.57. The predicted octanol–water partition coefficient (Wildman–Crippen LogP) is 4.82. The normalized spacial score (nSPS) is 18.3. The number of aromatic nitrogens is 3. The van der Waals surface area contributed by atoms with Crippen molar-refractivity contribution in [3.8, 4) is 28.3 Å². The number of fused-ring (bicyclic) bond motifs is 1. The lowest BCUT2D eigenvalue weighted by Gasteiger charge is -2.50. The van der Waals surface area contributed by atoms with Crippen LogP contribution in [0.3, 0.4) is 0 Å². The van der Waals surface area contributed by atoms with Crippen molar-refractivity contribution in [2.75, 3.05) is 25.5 Å². The predicted molar refractivity (Wildman–Crippen MR) is 172 cm³/mol. The zero-order chi connectivity index (χ0) is 32.3. The Hall–Kier alpha value is -4.61. The van der Waals surface area contributed by atoms with E-state index in [4.69, 9.17) is 21.3 Å². The van der Waals surface area contributed by atoms with Gasteiger partial charge in [0.1, 0.15) is 11.4 Å². The van der Waals surface area contributed by atoms with Gasteiger partial charge in [-0.1, -0.05) is 29.8 Å². The number of carbonyl (C=O) groups excluding carboxylic acids is 2. The highest BCUT2D eigenvalue weighted by molar-refractivity contribution is 6.36. The molecule has 236 valence electrons. The standard InChI is InChI=1S/C34H32ClFN6O4/c1-18-24(38-31(44)22-12-14-37-41(2)33(22)45)9-8-23(36)28(18)21-6-4-5-20(30(21)35)25-15-19-7-10-26(29(19)32(39-25)46-3)42-16-34(17-42)13-11-27(43)40-34/h4-6,8-9,12,14-15,26H,7,10-11,13,16-17H2,1-3H3,(H,38,44)(H,40,43)/t26-/m0/s1. The number of nitrogens with zero attached hydrogens (tertiary/aromatic N) is 4. The summed E-state index contributed by atoms with van der Waals surface area (Å²) in [5.41, 5.74) is 4.14. The number of ether oxygens (including phenoxy) is 1.